The number of benzene rings is 1. The highest BCUT2D eigenvalue weighted by Crippen LogP contribution is 2.37. The first-order valence-electron chi connectivity index (χ1n) is 7.01. The standard InChI is InChI=1S/C15H20BrNO2/c16-13-7-11-3-6-18-14(11)12(8-13)9-19-15(10-17)4-1-2-5-15/h7-8H,1-6,9-10,17H2. The quantitative estimate of drug-likeness (QED) is 0.924. The second-order valence-corrected chi connectivity index (χ2v) is 6.45. The van der Waals surface area contributed by atoms with E-state index in [0.717, 1.165) is 41.7 Å². The van der Waals surface area contributed by atoms with E-state index >= 15 is 0 Å². The topological polar surface area (TPSA) is 44.5 Å². The lowest BCUT2D eigenvalue weighted by Crippen LogP contribution is -2.37. The van der Waals surface area contributed by atoms with Crippen molar-refractivity contribution in [2.24, 2.45) is 5.73 Å². The average molecular weight is 326 g/mol. The molecule has 2 N–H and O–H groups in total. The number of halogens is 1. The number of ether oxygens (including phenoxy) is 2. The first-order valence-corrected chi connectivity index (χ1v) is 7.80. The predicted octanol–water partition coefficient (Wildman–Crippen LogP) is 3.17. The van der Waals surface area contributed by atoms with Gasteiger partial charge < -0.3 is 15.2 Å². The first-order chi connectivity index (χ1) is 9.22. The Balaban J connectivity index is 1.77. The molecule has 0 bridgehead atoms. The third-order valence-corrected chi connectivity index (χ3v) is 4.70. The monoisotopic (exact) mass is 325 g/mol. The van der Waals surface area contributed by atoms with Gasteiger partial charge in [0.25, 0.3) is 0 Å². The lowest BCUT2D eigenvalue weighted by molar-refractivity contribution is -0.0454. The fourth-order valence-electron chi connectivity index (χ4n) is 3.11. The van der Waals surface area contributed by atoms with Gasteiger partial charge >= 0.3 is 0 Å². The van der Waals surface area contributed by atoms with Crippen molar-refractivity contribution in [1.82, 2.24) is 0 Å². The maximum atomic E-state index is 6.18. The van der Waals surface area contributed by atoms with E-state index in [1.807, 2.05) is 0 Å². The summed E-state index contributed by atoms with van der Waals surface area (Å²) in [5.41, 5.74) is 8.23. The maximum Gasteiger partial charge on any atom is 0.128 e. The van der Waals surface area contributed by atoms with Gasteiger partial charge in [-0.3, -0.25) is 0 Å². The van der Waals surface area contributed by atoms with Crippen LogP contribution in [0.2, 0.25) is 0 Å². The summed E-state index contributed by atoms with van der Waals surface area (Å²) in [5.74, 6) is 1.02. The van der Waals surface area contributed by atoms with Gasteiger partial charge in [-0.15, -0.1) is 0 Å². The van der Waals surface area contributed by atoms with Crippen LogP contribution in [0.3, 0.4) is 0 Å². The van der Waals surface area contributed by atoms with Crippen molar-refractivity contribution >= 4 is 15.9 Å². The zero-order chi connectivity index (χ0) is 13.3. The molecule has 19 heavy (non-hydrogen) atoms. The van der Waals surface area contributed by atoms with Gasteiger partial charge in [0.2, 0.25) is 0 Å². The molecule has 0 aromatic heterocycles. The van der Waals surface area contributed by atoms with Gasteiger partial charge in [0.05, 0.1) is 18.8 Å². The van der Waals surface area contributed by atoms with E-state index in [1.165, 1.54) is 18.4 Å². The van der Waals surface area contributed by atoms with Crippen molar-refractivity contribution in [3.63, 3.8) is 0 Å². The average Bonchev–Trinajstić information content (AvgIpc) is 3.05. The summed E-state index contributed by atoms with van der Waals surface area (Å²) in [6.45, 7) is 1.99. The minimum atomic E-state index is -0.103. The zero-order valence-corrected chi connectivity index (χ0v) is 12.7. The third-order valence-electron chi connectivity index (χ3n) is 4.25. The normalized spacial score (nSPS) is 20.3. The Labute approximate surface area is 122 Å². The zero-order valence-electron chi connectivity index (χ0n) is 11.1. The highest BCUT2D eigenvalue weighted by molar-refractivity contribution is 9.10. The lowest BCUT2D eigenvalue weighted by atomic mass is 10.0. The molecule has 1 fully saturated rings. The highest BCUT2D eigenvalue weighted by Gasteiger charge is 2.33. The molecule has 3 rings (SSSR count). The minimum absolute atomic E-state index is 0.103. The Kier molecular flexibility index (Phi) is 3.83. The van der Waals surface area contributed by atoms with Gasteiger partial charge in [0, 0.05) is 23.0 Å². The maximum absolute atomic E-state index is 6.18. The molecule has 0 spiro atoms. The molecule has 1 aromatic rings. The summed E-state index contributed by atoms with van der Waals surface area (Å²) in [4.78, 5) is 0. The van der Waals surface area contributed by atoms with Crippen molar-refractivity contribution in [3.8, 4) is 5.75 Å². The molecule has 0 unspecified atom stereocenters. The Morgan fingerprint density at radius 3 is 2.84 bits per heavy atom. The van der Waals surface area contributed by atoms with Crippen LogP contribution in [0.4, 0.5) is 0 Å². The van der Waals surface area contributed by atoms with Crippen LogP contribution in [-0.4, -0.2) is 18.8 Å². The molecular formula is C15H20BrNO2. The predicted molar refractivity (Wildman–Crippen MR) is 78.4 cm³/mol. The second-order valence-electron chi connectivity index (χ2n) is 5.53. The number of hydrogen-bond acceptors (Lipinski definition) is 3. The van der Waals surface area contributed by atoms with E-state index in [0.29, 0.717) is 13.2 Å². The molecule has 0 saturated heterocycles. The molecule has 1 heterocycles. The van der Waals surface area contributed by atoms with Crippen LogP contribution in [0.1, 0.15) is 36.8 Å². The van der Waals surface area contributed by atoms with E-state index in [4.69, 9.17) is 15.2 Å². The Morgan fingerprint density at radius 1 is 1.32 bits per heavy atom. The molecule has 104 valence electrons. The molecule has 1 aliphatic carbocycles. The molecule has 2 aliphatic rings. The van der Waals surface area contributed by atoms with Crippen molar-refractivity contribution < 1.29 is 9.47 Å². The van der Waals surface area contributed by atoms with Crippen LogP contribution in [0.5, 0.6) is 5.75 Å². The van der Waals surface area contributed by atoms with Gasteiger partial charge in [0.15, 0.2) is 0 Å². The van der Waals surface area contributed by atoms with Crippen LogP contribution < -0.4 is 10.5 Å². The number of hydrogen-bond donors (Lipinski definition) is 1. The van der Waals surface area contributed by atoms with E-state index in [2.05, 4.69) is 28.1 Å². The molecule has 1 aromatic carbocycles. The van der Waals surface area contributed by atoms with Gasteiger partial charge in [0.1, 0.15) is 5.75 Å². The van der Waals surface area contributed by atoms with E-state index in [-0.39, 0.29) is 5.60 Å². The lowest BCUT2D eigenvalue weighted by Gasteiger charge is -2.28. The molecule has 0 amide bonds. The van der Waals surface area contributed by atoms with Crippen LogP contribution in [-0.2, 0) is 17.8 Å². The second kappa shape index (κ2) is 5.43. The number of rotatable bonds is 4. The summed E-state index contributed by atoms with van der Waals surface area (Å²) in [5, 5.41) is 0. The van der Waals surface area contributed by atoms with Crippen LogP contribution >= 0.6 is 15.9 Å². The smallest absolute Gasteiger partial charge is 0.128 e. The fourth-order valence-corrected chi connectivity index (χ4v) is 3.66. The molecule has 3 nitrogen and oxygen atoms in total. The van der Waals surface area contributed by atoms with Gasteiger partial charge in [-0.05, 0) is 30.5 Å². The Bertz CT molecular complexity index is 469. The van der Waals surface area contributed by atoms with Crippen LogP contribution in [0.15, 0.2) is 16.6 Å². The van der Waals surface area contributed by atoms with E-state index < -0.39 is 0 Å². The van der Waals surface area contributed by atoms with Crippen LogP contribution in [0.25, 0.3) is 0 Å². The van der Waals surface area contributed by atoms with Crippen molar-refractivity contribution in [2.75, 3.05) is 13.2 Å². The first kappa shape index (κ1) is 13.4. The summed E-state index contributed by atoms with van der Waals surface area (Å²) in [7, 11) is 0. The highest BCUT2D eigenvalue weighted by atomic mass is 79.9. The molecule has 1 saturated carbocycles. The molecule has 1 aliphatic heterocycles. The fraction of sp³-hybridized carbons (Fsp3) is 0.600. The third kappa shape index (κ3) is 2.67. The van der Waals surface area contributed by atoms with Gasteiger partial charge in [-0.2, -0.15) is 0 Å². The number of nitrogens with two attached hydrogens (primary N) is 1. The summed E-state index contributed by atoms with van der Waals surface area (Å²) in [6, 6.07) is 4.24. The van der Waals surface area contributed by atoms with E-state index in [1.54, 1.807) is 0 Å². The van der Waals surface area contributed by atoms with Crippen LogP contribution in [0, 0.1) is 0 Å². The van der Waals surface area contributed by atoms with Gasteiger partial charge in [-0.25, -0.2) is 0 Å². The Morgan fingerprint density at radius 2 is 2.11 bits per heavy atom. The molecule has 0 radical (unpaired) electrons. The van der Waals surface area contributed by atoms with Crippen molar-refractivity contribution in [1.29, 1.82) is 0 Å². The van der Waals surface area contributed by atoms with Crippen molar-refractivity contribution in [3.05, 3.63) is 27.7 Å². The molecule has 0 atom stereocenters. The summed E-state index contributed by atoms with van der Waals surface area (Å²) in [6.07, 6.45) is 5.61. The SMILES string of the molecule is NCC1(OCc2cc(Br)cc3c2OCC3)CCCC1. The largest absolute Gasteiger partial charge is 0.493 e. The number of fused-ring (bicyclic) bond motifs is 1. The van der Waals surface area contributed by atoms with Gasteiger partial charge in [-0.1, -0.05) is 28.8 Å². The van der Waals surface area contributed by atoms with E-state index in [9.17, 15) is 0 Å². The molecule has 4 heteroatoms. The minimum Gasteiger partial charge on any atom is -0.493 e. The summed E-state index contributed by atoms with van der Waals surface area (Å²) < 4.78 is 13.0. The van der Waals surface area contributed by atoms with Crippen molar-refractivity contribution in [2.45, 2.75) is 44.3 Å². The molecular weight excluding hydrogens is 306 g/mol. The summed E-state index contributed by atoms with van der Waals surface area (Å²) >= 11 is 3.56. The Hall–Kier alpha value is -0.580.